The summed E-state index contributed by atoms with van der Waals surface area (Å²) in [5.74, 6) is 0. The zero-order chi connectivity index (χ0) is 19.9. The first-order valence-corrected chi connectivity index (χ1v) is 9.99. The molecule has 1 fully saturated rings. The van der Waals surface area contributed by atoms with Crippen LogP contribution in [0, 0.1) is 0 Å². The van der Waals surface area contributed by atoms with Gasteiger partial charge in [-0.2, -0.15) is 0 Å². The van der Waals surface area contributed by atoms with E-state index in [1.54, 1.807) is 4.90 Å². The summed E-state index contributed by atoms with van der Waals surface area (Å²) in [6.07, 6.45) is 3.59. The third-order valence-corrected chi connectivity index (χ3v) is 5.22. The summed E-state index contributed by atoms with van der Waals surface area (Å²) in [6, 6.07) is 20.2. The number of hydrogen-bond donors (Lipinski definition) is 0. The highest BCUT2D eigenvalue weighted by Gasteiger charge is 2.23. The molecule has 29 heavy (non-hydrogen) atoms. The van der Waals surface area contributed by atoms with Crippen LogP contribution in [0.2, 0.25) is 0 Å². The molecule has 6 heteroatoms. The van der Waals surface area contributed by atoms with Crippen LogP contribution < -0.4 is 0 Å². The van der Waals surface area contributed by atoms with Crippen LogP contribution in [0.25, 0.3) is 0 Å². The number of piperazine rings is 1. The van der Waals surface area contributed by atoms with Crippen LogP contribution in [0.15, 0.2) is 73.2 Å². The Bertz CT molecular complexity index is 903. The van der Waals surface area contributed by atoms with Crippen molar-refractivity contribution < 1.29 is 9.53 Å². The van der Waals surface area contributed by atoms with Crippen molar-refractivity contribution in [2.45, 2.75) is 19.7 Å². The first-order chi connectivity index (χ1) is 14.3. The normalized spacial score (nSPS) is 14.7. The molecule has 6 nitrogen and oxygen atoms in total. The third-order valence-electron chi connectivity index (χ3n) is 5.22. The maximum Gasteiger partial charge on any atom is 0.410 e. The highest BCUT2D eigenvalue weighted by atomic mass is 16.6. The molecule has 1 aromatic heterocycles. The van der Waals surface area contributed by atoms with Gasteiger partial charge in [-0.15, -0.1) is 0 Å². The van der Waals surface area contributed by atoms with Gasteiger partial charge in [0.15, 0.2) is 0 Å². The number of rotatable bonds is 6. The molecule has 0 bridgehead atoms. The molecule has 4 rings (SSSR count). The maximum atomic E-state index is 12.3. The molecule has 2 aromatic carbocycles. The van der Waals surface area contributed by atoms with Crippen molar-refractivity contribution in [3.8, 4) is 0 Å². The monoisotopic (exact) mass is 390 g/mol. The quantitative estimate of drug-likeness (QED) is 0.647. The van der Waals surface area contributed by atoms with E-state index in [-0.39, 0.29) is 6.09 Å². The average Bonchev–Trinajstić information content (AvgIpc) is 3.20. The lowest BCUT2D eigenvalue weighted by Crippen LogP contribution is -2.48. The van der Waals surface area contributed by atoms with Gasteiger partial charge in [0.2, 0.25) is 0 Å². The van der Waals surface area contributed by atoms with Crippen molar-refractivity contribution in [1.29, 1.82) is 0 Å². The number of carbonyl (C=O) groups excluding carboxylic acids is 1. The van der Waals surface area contributed by atoms with E-state index in [1.165, 1.54) is 11.3 Å². The second-order valence-corrected chi connectivity index (χ2v) is 7.30. The molecule has 150 valence electrons. The van der Waals surface area contributed by atoms with Crippen LogP contribution in [0.3, 0.4) is 0 Å². The maximum absolute atomic E-state index is 12.3. The third kappa shape index (κ3) is 5.23. The summed E-state index contributed by atoms with van der Waals surface area (Å²) >= 11 is 0. The largest absolute Gasteiger partial charge is 0.445 e. The van der Waals surface area contributed by atoms with Gasteiger partial charge in [-0.1, -0.05) is 60.7 Å². The Morgan fingerprint density at radius 1 is 0.862 bits per heavy atom. The van der Waals surface area contributed by atoms with E-state index in [4.69, 9.17) is 4.74 Å². The topological polar surface area (TPSA) is 50.6 Å². The van der Waals surface area contributed by atoms with E-state index in [1.807, 2.05) is 48.9 Å². The molecule has 0 aliphatic carbocycles. The van der Waals surface area contributed by atoms with Crippen molar-refractivity contribution in [1.82, 2.24) is 19.4 Å². The molecule has 3 aromatic rings. The number of hydrogen-bond acceptors (Lipinski definition) is 4. The number of imidazole rings is 1. The van der Waals surface area contributed by atoms with E-state index in [0.29, 0.717) is 19.7 Å². The van der Waals surface area contributed by atoms with Crippen molar-refractivity contribution in [3.05, 3.63) is 90.0 Å². The van der Waals surface area contributed by atoms with Crippen molar-refractivity contribution >= 4 is 6.09 Å². The number of ether oxygens (including phenoxy) is 1. The smallest absolute Gasteiger partial charge is 0.410 e. The van der Waals surface area contributed by atoms with Crippen LogP contribution in [-0.2, 0) is 24.4 Å². The SMILES string of the molecule is O=C(OCc1ccccc1)N1CCN(Cc2cncn2Cc2ccccc2)CC1. The molecular weight excluding hydrogens is 364 g/mol. The molecule has 2 heterocycles. The number of benzene rings is 2. The van der Waals surface area contributed by atoms with Crippen molar-refractivity contribution in [2.75, 3.05) is 26.2 Å². The van der Waals surface area contributed by atoms with Crippen LogP contribution in [0.4, 0.5) is 4.79 Å². The van der Waals surface area contributed by atoms with Gasteiger partial charge in [-0.05, 0) is 11.1 Å². The molecule has 0 atom stereocenters. The predicted octanol–water partition coefficient (Wildman–Crippen LogP) is 3.39. The Labute approximate surface area is 171 Å². The zero-order valence-corrected chi connectivity index (χ0v) is 16.5. The summed E-state index contributed by atoms with van der Waals surface area (Å²) < 4.78 is 7.64. The van der Waals surface area contributed by atoms with E-state index in [0.717, 1.165) is 31.7 Å². The molecule has 1 aliphatic rings. The second-order valence-electron chi connectivity index (χ2n) is 7.30. The van der Waals surface area contributed by atoms with Gasteiger partial charge in [-0.25, -0.2) is 9.78 Å². The lowest BCUT2D eigenvalue weighted by Gasteiger charge is -2.34. The van der Waals surface area contributed by atoms with E-state index in [2.05, 4.69) is 38.7 Å². The Morgan fingerprint density at radius 2 is 1.52 bits per heavy atom. The Hall–Kier alpha value is -3.12. The van der Waals surface area contributed by atoms with Gasteiger partial charge < -0.3 is 14.2 Å². The Morgan fingerprint density at radius 3 is 2.21 bits per heavy atom. The minimum absolute atomic E-state index is 0.234. The van der Waals surface area contributed by atoms with Crippen molar-refractivity contribution in [3.63, 3.8) is 0 Å². The fourth-order valence-corrected chi connectivity index (χ4v) is 3.53. The summed E-state index contributed by atoms with van der Waals surface area (Å²) in [6.45, 7) is 5.00. The molecule has 0 spiro atoms. The highest BCUT2D eigenvalue weighted by Crippen LogP contribution is 2.12. The van der Waals surface area contributed by atoms with Gasteiger partial charge in [0.1, 0.15) is 6.61 Å². The average molecular weight is 390 g/mol. The van der Waals surface area contributed by atoms with Gasteiger partial charge in [0.05, 0.1) is 12.0 Å². The predicted molar refractivity (Wildman–Crippen MR) is 111 cm³/mol. The molecule has 1 amide bonds. The standard InChI is InChI=1S/C23H26N4O2/c28-23(29-18-21-9-5-2-6-10-21)26-13-11-25(12-14-26)17-22-15-24-19-27(22)16-20-7-3-1-4-8-20/h1-10,15,19H,11-14,16-18H2. The number of carbonyl (C=O) groups is 1. The van der Waals surface area contributed by atoms with Crippen LogP contribution >= 0.6 is 0 Å². The van der Waals surface area contributed by atoms with Crippen molar-refractivity contribution in [2.24, 2.45) is 0 Å². The van der Waals surface area contributed by atoms with Gasteiger partial charge in [-0.3, -0.25) is 4.90 Å². The number of nitrogens with zero attached hydrogens (tertiary/aromatic N) is 4. The fraction of sp³-hybridized carbons (Fsp3) is 0.304. The first-order valence-electron chi connectivity index (χ1n) is 9.99. The molecule has 0 saturated carbocycles. The molecule has 1 saturated heterocycles. The van der Waals surface area contributed by atoms with Gasteiger partial charge in [0.25, 0.3) is 0 Å². The minimum atomic E-state index is -0.234. The lowest BCUT2D eigenvalue weighted by atomic mass is 10.2. The minimum Gasteiger partial charge on any atom is -0.445 e. The van der Waals surface area contributed by atoms with Gasteiger partial charge in [0, 0.05) is 45.5 Å². The van der Waals surface area contributed by atoms with Gasteiger partial charge >= 0.3 is 6.09 Å². The summed E-state index contributed by atoms with van der Waals surface area (Å²) in [5, 5.41) is 0. The molecule has 0 radical (unpaired) electrons. The molecule has 0 N–H and O–H groups in total. The van der Waals surface area contributed by atoms with E-state index in [9.17, 15) is 4.79 Å². The van der Waals surface area contributed by atoms with Crippen LogP contribution in [0.5, 0.6) is 0 Å². The molecule has 1 aliphatic heterocycles. The zero-order valence-electron chi connectivity index (χ0n) is 16.5. The molecule has 0 unspecified atom stereocenters. The molecular formula is C23H26N4O2. The fourth-order valence-electron chi connectivity index (χ4n) is 3.53. The Balaban J connectivity index is 1.25. The number of amides is 1. The lowest BCUT2D eigenvalue weighted by molar-refractivity contribution is 0.0695. The highest BCUT2D eigenvalue weighted by molar-refractivity contribution is 5.67. The second kappa shape index (κ2) is 9.39. The first kappa shape index (κ1) is 19.2. The summed E-state index contributed by atoms with van der Waals surface area (Å²) in [7, 11) is 0. The van der Waals surface area contributed by atoms with E-state index >= 15 is 0 Å². The number of aromatic nitrogens is 2. The van der Waals surface area contributed by atoms with Crippen LogP contribution in [-0.4, -0.2) is 51.6 Å². The Kier molecular flexibility index (Phi) is 6.22. The van der Waals surface area contributed by atoms with Crippen LogP contribution in [0.1, 0.15) is 16.8 Å². The van der Waals surface area contributed by atoms with E-state index < -0.39 is 0 Å². The summed E-state index contributed by atoms with van der Waals surface area (Å²) in [5.41, 5.74) is 3.46. The summed E-state index contributed by atoms with van der Waals surface area (Å²) in [4.78, 5) is 20.8.